The Labute approximate surface area is 167 Å². The van der Waals surface area contributed by atoms with Crippen LogP contribution in [0.15, 0.2) is 0 Å². The molecule has 160 valence electrons. The van der Waals surface area contributed by atoms with Gasteiger partial charge in [-0.25, -0.2) is 4.79 Å². The van der Waals surface area contributed by atoms with Crippen molar-refractivity contribution in [3.63, 3.8) is 0 Å². The summed E-state index contributed by atoms with van der Waals surface area (Å²) in [5.74, 6) is -0.927. The SMILES string of the molecule is CCCCCCCCCCCN[C@@H](CC(C)C)C(=O)N[C@H](C(=O)O)C(C)C. The van der Waals surface area contributed by atoms with Gasteiger partial charge in [-0.3, -0.25) is 4.79 Å². The van der Waals surface area contributed by atoms with Crippen molar-refractivity contribution in [2.45, 2.75) is 111 Å². The van der Waals surface area contributed by atoms with Gasteiger partial charge in [0.15, 0.2) is 0 Å². The molecule has 0 spiro atoms. The molecule has 5 nitrogen and oxygen atoms in total. The standard InChI is InChI=1S/C22H44N2O3/c1-6-7-8-9-10-11-12-13-14-15-23-19(16-17(2)3)21(25)24-20(18(4)5)22(26)27/h17-20,23H,6-16H2,1-5H3,(H,24,25)(H,26,27)/t19-,20-/m0/s1. The summed E-state index contributed by atoms with van der Waals surface area (Å²) in [6.45, 7) is 10.8. The number of unbranched alkanes of at least 4 members (excludes halogenated alkanes) is 8. The molecule has 2 atom stereocenters. The maximum absolute atomic E-state index is 12.6. The van der Waals surface area contributed by atoms with Crippen LogP contribution in [0.25, 0.3) is 0 Å². The van der Waals surface area contributed by atoms with Crippen molar-refractivity contribution < 1.29 is 14.7 Å². The topological polar surface area (TPSA) is 78.4 Å². The Kier molecular flexibility index (Phi) is 15.3. The van der Waals surface area contributed by atoms with Crippen LogP contribution in [-0.4, -0.2) is 35.6 Å². The highest BCUT2D eigenvalue weighted by molar-refractivity contribution is 5.87. The molecule has 0 saturated heterocycles. The molecular formula is C22H44N2O3. The lowest BCUT2D eigenvalue weighted by atomic mass is 10.0. The fraction of sp³-hybridized carbons (Fsp3) is 0.909. The lowest BCUT2D eigenvalue weighted by Gasteiger charge is -2.24. The second kappa shape index (κ2) is 15.9. The van der Waals surface area contributed by atoms with Crippen LogP contribution in [0, 0.1) is 11.8 Å². The van der Waals surface area contributed by atoms with E-state index in [0.717, 1.165) is 13.0 Å². The van der Waals surface area contributed by atoms with E-state index < -0.39 is 12.0 Å². The molecule has 0 bridgehead atoms. The second-order valence-electron chi connectivity index (χ2n) is 8.53. The minimum Gasteiger partial charge on any atom is -0.480 e. The van der Waals surface area contributed by atoms with Gasteiger partial charge in [0.05, 0.1) is 6.04 Å². The number of carbonyl (C=O) groups excluding carboxylic acids is 1. The van der Waals surface area contributed by atoms with Gasteiger partial charge >= 0.3 is 5.97 Å². The Bertz CT molecular complexity index is 397. The van der Waals surface area contributed by atoms with Crippen molar-refractivity contribution in [1.82, 2.24) is 10.6 Å². The van der Waals surface area contributed by atoms with Gasteiger partial charge in [-0.1, -0.05) is 86.0 Å². The molecule has 0 aliphatic heterocycles. The lowest BCUT2D eigenvalue weighted by Crippen LogP contribution is -2.52. The smallest absolute Gasteiger partial charge is 0.326 e. The summed E-state index contributed by atoms with van der Waals surface area (Å²) in [7, 11) is 0. The Morgan fingerprint density at radius 3 is 1.81 bits per heavy atom. The highest BCUT2D eigenvalue weighted by Crippen LogP contribution is 2.10. The number of nitrogens with one attached hydrogen (secondary N) is 2. The van der Waals surface area contributed by atoms with Crippen LogP contribution < -0.4 is 10.6 Å². The highest BCUT2D eigenvalue weighted by atomic mass is 16.4. The summed E-state index contributed by atoms with van der Waals surface area (Å²) in [5, 5.41) is 15.3. The summed E-state index contributed by atoms with van der Waals surface area (Å²) in [5.41, 5.74) is 0. The predicted octanol–water partition coefficient (Wildman–Crippen LogP) is 4.75. The Morgan fingerprint density at radius 1 is 0.852 bits per heavy atom. The number of rotatable bonds is 17. The van der Waals surface area contributed by atoms with Crippen molar-refractivity contribution in [3.05, 3.63) is 0 Å². The van der Waals surface area contributed by atoms with E-state index in [1.165, 1.54) is 51.4 Å². The molecular weight excluding hydrogens is 340 g/mol. The average Bonchev–Trinajstić information content (AvgIpc) is 2.59. The first-order chi connectivity index (χ1) is 12.8. The molecule has 0 aromatic carbocycles. The summed E-state index contributed by atoms with van der Waals surface area (Å²) in [6, 6.07) is -1.15. The molecule has 0 fully saturated rings. The van der Waals surface area contributed by atoms with Crippen molar-refractivity contribution in [3.8, 4) is 0 Å². The van der Waals surface area contributed by atoms with Crippen LogP contribution in [0.4, 0.5) is 0 Å². The van der Waals surface area contributed by atoms with Gasteiger partial charge in [0, 0.05) is 0 Å². The van der Waals surface area contributed by atoms with Gasteiger partial charge in [-0.2, -0.15) is 0 Å². The van der Waals surface area contributed by atoms with E-state index in [0.29, 0.717) is 12.3 Å². The van der Waals surface area contributed by atoms with Crippen molar-refractivity contribution in [2.75, 3.05) is 6.54 Å². The quantitative estimate of drug-likeness (QED) is 0.316. The number of carbonyl (C=O) groups is 2. The van der Waals surface area contributed by atoms with Crippen LogP contribution >= 0.6 is 0 Å². The molecule has 0 radical (unpaired) electrons. The maximum atomic E-state index is 12.6. The second-order valence-corrected chi connectivity index (χ2v) is 8.53. The zero-order valence-electron chi connectivity index (χ0n) is 18.4. The van der Waals surface area contributed by atoms with Crippen LogP contribution in [0.5, 0.6) is 0 Å². The normalized spacial score (nSPS) is 13.7. The maximum Gasteiger partial charge on any atom is 0.326 e. The van der Waals surface area contributed by atoms with Crippen LogP contribution in [-0.2, 0) is 9.59 Å². The van der Waals surface area contributed by atoms with E-state index in [1.54, 1.807) is 0 Å². The van der Waals surface area contributed by atoms with E-state index in [2.05, 4.69) is 31.4 Å². The molecule has 1 amide bonds. The number of aliphatic carboxylic acids is 1. The summed E-state index contributed by atoms with van der Waals surface area (Å²) < 4.78 is 0. The molecule has 0 aliphatic rings. The van der Waals surface area contributed by atoms with Gasteiger partial charge in [-0.15, -0.1) is 0 Å². The number of hydrogen-bond donors (Lipinski definition) is 3. The first kappa shape index (κ1) is 25.9. The Balaban J connectivity index is 4.16. The third kappa shape index (κ3) is 13.7. The van der Waals surface area contributed by atoms with E-state index in [1.807, 2.05) is 13.8 Å². The molecule has 0 aromatic heterocycles. The minimum absolute atomic E-state index is 0.136. The Hall–Kier alpha value is -1.10. The average molecular weight is 385 g/mol. The van der Waals surface area contributed by atoms with Crippen molar-refractivity contribution >= 4 is 11.9 Å². The zero-order chi connectivity index (χ0) is 20.7. The molecule has 0 saturated carbocycles. The summed E-state index contributed by atoms with van der Waals surface area (Å²) in [6.07, 6.45) is 12.2. The molecule has 0 heterocycles. The molecule has 0 rings (SSSR count). The number of carboxylic acids is 1. The third-order valence-electron chi connectivity index (χ3n) is 4.93. The lowest BCUT2D eigenvalue weighted by molar-refractivity contribution is -0.143. The van der Waals surface area contributed by atoms with Gasteiger partial charge in [0.2, 0.25) is 5.91 Å². The van der Waals surface area contributed by atoms with E-state index >= 15 is 0 Å². The fourth-order valence-corrected chi connectivity index (χ4v) is 3.23. The summed E-state index contributed by atoms with van der Waals surface area (Å²) in [4.78, 5) is 23.9. The first-order valence-electron chi connectivity index (χ1n) is 11.1. The van der Waals surface area contributed by atoms with Gasteiger partial charge in [0.25, 0.3) is 0 Å². The predicted molar refractivity (Wildman–Crippen MR) is 113 cm³/mol. The molecule has 27 heavy (non-hydrogen) atoms. The van der Waals surface area contributed by atoms with Gasteiger partial charge in [0.1, 0.15) is 6.04 Å². The van der Waals surface area contributed by atoms with Crippen molar-refractivity contribution in [2.24, 2.45) is 11.8 Å². The molecule has 0 aliphatic carbocycles. The van der Waals surface area contributed by atoms with Crippen LogP contribution in [0.2, 0.25) is 0 Å². The first-order valence-corrected chi connectivity index (χ1v) is 11.1. The van der Waals surface area contributed by atoms with E-state index in [4.69, 9.17) is 0 Å². The third-order valence-corrected chi connectivity index (χ3v) is 4.93. The van der Waals surface area contributed by atoms with Crippen LogP contribution in [0.3, 0.4) is 0 Å². The number of hydrogen-bond acceptors (Lipinski definition) is 3. The minimum atomic E-state index is -0.972. The fourth-order valence-electron chi connectivity index (χ4n) is 3.23. The molecule has 0 aromatic rings. The largest absolute Gasteiger partial charge is 0.480 e. The van der Waals surface area contributed by atoms with E-state index in [9.17, 15) is 14.7 Å². The number of carboxylic acid groups (broad SMARTS) is 1. The van der Waals surface area contributed by atoms with E-state index in [-0.39, 0.29) is 17.9 Å². The zero-order valence-corrected chi connectivity index (χ0v) is 18.4. The molecule has 0 unspecified atom stereocenters. The van der Waals surface area contributed by atoms with Gasteiger partial charge in [-0.05, 0) is 31.2 Å². The Morgan fingerprint density at radius 2 is 1.37 bits per heavy atom. The molecule has 5 heteroatoms. The van der Waals surface area contributed by atoms with Crippen LogP contribution in [0.1, 0.15) is 98.8 Å². The van der Waals surface area contributed by atoms with Crippen molar-refractivity contribution in [1.29, 1.82) is 0 Å². The monoisotopic (exact) mass is 384 g/mol. The molecule has 3 N–H and O–H groups in total. The van der Waals surface area contributed by atoms with Gasteiger partial charge < -0.3 is 15.7 Å². The summed E-state index contributed by atoms with van der Waals surface area (Å²) >= 11 is 0. The highest BCUT2D eigenvalue weighted by Gasteiger charge is 2.27. The number of amides is 1.